The van der Waals surface area contributed by atoms with Gasteiger partial charge in [-0.1, -0.05) is 50.2 Å². The fourth-order valence-electron chi connectivity index (χ4n) is 9.77. The Balaban J connectivity index is 0.996. The number of hydrogen-bond donors (Lipinski definition) is 2. The molecule has 2 aliphatic carbocycles. The van der Waals surface area contributed by atoms with E-state index in [-0.39, 0.29) is 47.6 Å². The summed E-state index contributed by atoms with van der Waals surface area (Å²) in [6, 6.07) is 13.7. The van der Waals surface area contributed by atoms with E-state index in [2.05, 4.69) is 47.1 Å². The Bertz CT molecular complexity index is 2050. The monoisotopic (exact) mass is 792 g/mol. The predicted molar refractivity (Wildman–Crippen MR) is 223 cm³/mol. The van der Waals surface area contributed by atoms with E-state index in [4.69, 9.17) is 24.2 Å². The van der Waals surface area contributed by atoms with Gasteiger partial charge in [-0.05, 0) is 97.6 Å². The van der Waals surface area contributed by atoms with Crippen molar-refractivity contribution >= 4 is 46.6 Å². The SMILES string of the molecule is COC(=O)N[C@H](C(=O)N1CCC[C@H]1C1=NC=C(c2ccc(-c3ccc(C4=CN=C(C5C6CCC(C6)[C@H]5C(=O)N(NC(=O)OC)C(C)C)C4)cc3)c(OC)c2)C1)C(C)C. The third-order valence-electron chi connectivity index (χ3n) is 12.7. The van der Waals surface area contributed by atoms with Gasteiger partial charge in [0.2, 0.25) is 11.8 Å². The average Bonchev–Trinajstić information content (AvgIpc) is 4.09. The van der Waals surface area contributed by atoms with Crippen LogP contribution in [0.1, 0.15) is 83.8 Å². The summed E-state index contributed by atoms with van der Waals surface area (Å²) in [4.78, 5) is 63.3. The maximum atomic E-state index is 14.0. The lowest BCUT2D eigenvalue weighted by molar-refractivity contribution is -0.143. The highest BCUT2D eigenvalue weighted by molar-refractivity contribution is 6.04. The first kappa shape index (κ1) is 40.7. The van der Waals surface area contributed by atoms with Crippen molar-refractivity contribution in [1.29, 1.82) is 0 Å². The van der Waals surface area contributed by atoms with Crippen LogP contribution < -0.4 is 15.5 Å². The topological polar surface area (TPSA) is 151 Å². The van der Waals surface area contributed by atoms with Crippen LogP contribution in [0.2, 0.25) is 0 Å². The van der Waals surface area contributed by atoms with Gasteiger partial charge in [0.05, 0.1) is 33.3 Å². The van der Waals surface area contributed by atoms with Crippen molar-refractivity contribution in [2.45, 2.75) is 90.8 Å². The van der Waals surface area contributed by atoms with Crippen molar-refractivity contribution in [2.75, 3.05) is 27.9 Å². The van der Waals surface area contributed by atoms with E-state index in [1.807, 2.05) is 51.1 Å². The van der Waals surface area contributed by atoms with Crippen LogP contribution in [0.5, 0.6) is 5.75 Å². The summed E-state index contributed by atoms with van der Waals surface area (Å²) in [7, 11) is 4.28. The average molecular weight is 793 g/mol. The number of alkyl carbamates (subject to hydrolysis) is 1. The molecule has 7 rings (SSSR count). The van der Waals surface area contributed by atoms with Crippen molar-refractivity contribution in [3.63, 3.8) is 0 Å². The molecule has 13 heteroatoms. The number of nitrogens with one attached hydrogen (secondary N) is 2. The number of ether oxygens (including phenoxy) is 3. The Morgan fingerprint density at radius 1 is 0.793 bits per heavy atom. The summed E-state index contributed by atoms with van der Waals surface area (Å²) in [6.07, 6.45) is 8.72. The van der Waals surface area contributed by atoms with Gasteiger partial charge in [-0.25, -0.2) is 20.0 Å². The second-order valence-corrected chi connectivity index (χ2v) is 16.7. The van der Waals surface area contributed by atoms with E-state index < -0.39 is 18.2 Å². The van der Waals surface area contributed by atoms with Crippen LogP contribution >= 0.6 is 0 Å². The molecule has 2 N–H and O–H groups in total. The number of allylic oxidation sites excluding steroid dienone is 2. The van der Waals surface area contributed by atoms with Gasteiger partial charge in [0.25, 0.3) is 0 Å². The number of benzene rings is 2. The molecule has 58 heavy (non-hydrogen) atoms. The third kappa shape index (κ3) is 8.00. The first-order valence-electron chi connectivity index (χ1n) is 20.5. The molecule has 3 heterocycles. The predicted octanol–water partition coefficient (Wildman–Crippen LogP) is 7.28. The first-order valence-corrected chi connectivity index (χ1v) is 20.5. The highest BCUT2D eigenvalue weighted by atomic mass is 16.5. The van der Waals surface area contributed by atoms with Crippen LogP contribution in [0.25, 0.3) is 22.3 Å². The van der Waals surface area contributed by atoms with Crippen LogP contribution in [-0.2, 0) is 19.1 Å². The minimum Gasteiger partial charge on any atom is -0.496 e. The number of fused-ring (bicyclic) bond motifs is 2. The van der Waals surface area contributed by atoms with Crippen LogP contribution in [0.3, 0.4) is 0 Å². The molecule has 1 saturated heterocycles. The fourth-order valence-corrected chi connectivity index (χ4v) is 9.77. The molecular formula is C45H56N6O7. The Morgan fingerprint density at radius 2 is 1.43 bits per heavy atom. The minimum atomic E-state index is -0.675. The quantitative estimate of drug-likeness (QED) is 0.227. The Labute approximate surface area is 340 Å². The van der Waals surface area contributed by atoms with Gasteiger partial charge in [-0.3, -0.25) is 19.6 Å². The van der Waals surface area contributed by atoms with E-state index >= 15 is 0 Å². The van der Waals surface area contributed by atoms with Gasteiger partial charge in [-0.2, -0.15) is 0 Å². The van der Waals surface area contributed by atoms with Crippen molar-refractivity contribution in [2.24, 2.45) is 39.6 Å². The molecule has 3 unspecified atom stereocenters. The maximum absolute atomic E-state index is 14.0. The van der Waals surface area contributed by atoms with Crippen LogP contribution in [-0.4, -0.2) is 91.3 Å². The lowest BCUT2D eigenvalue weighted by atomic mass is 9.74. The summed E-state index contributed by atoms with van der Waals surface area (Å²) in [5.41, 5.74) is 10.9. The Morgan fingerprint density at radius 3 is 2.10 bits per heavy atom. The minimum absolute atomic E-state index is 0.0476. The van der Waals surface area contributed by atoms with Gasteiger partial charge in [0, 0.05) is 60.7 Å². The molecule has 4 amide bonds. The third-order valence-corrected chi connectivity index (χ3v) is 12.7. The number of aliphatic imine (C=N–C) groups is 2. The number of likely N-dealkylation sites (tertiary alicyclic amines) is 1. The molecule has 308 valence electrons. The number of hydrazine groups is 1. The molecule has 2 aromatic carbocycles. The number of rotatable bonds is 11. The summed E-state index contributed by atoms with van der Waals surface area (Å²) in [6.45, 7) is 8.23. The van der Waals surface area contributed by atoms with E-state index in [1.165, 1.54) is 19.2 Å². The number of carbonyl (C=O) groups excluding carboxylic acids is 4. The molecule has 0 spiro atoms. The van der Waals surface area contributed by atoms with Gasteiger partial charge in [0.15, 0.2) is 0 Å². The highest BCUT2D eigenvalue weighted by Crippen LogP contribution is 2.54. The summed E-state index contributed by atoms with van der Waals surface area (Å²) in [5.74, 6) is 1.00. The molecule has 5 aliphatic rings. The second-order valence-electron chi connectivity index (χ2n) is 16.7. The zero-order chi connectivity index (χ0) is 41.2. The van der Waals surface area contributed by atoms with Crippen LogP contribution in [0.15, 0.2) is 64.8 Å². The molecule has 0 aromatic heterocycles. The Kier molecular flexibility index (Phi) is 12.1. The van der Waals surface area contributed by atoms with Crippen molar-refractivity contribution in [3.05, 3.63) is 66.0 Å². The largest absolute Gasteiger partial charge is 0.496 e. The van der Waals surface area contributed by atoms with E-state index in [0.29, 0.717) is 25.3 Å². The number of nitrogens with zero attached hydrogens (tertiary/aromatic N) is 4. The van der Waals surface area contributed by atoms with Gasteiger partial charge in [-0.15, -0.1) is 0 Å². The zero-order valence-electron chi connectivity index (χ0n) is 34.6. The molecule has 2 bridgehead atoms. The van der Waals surface area contributed by atoms with Gasteiger partial charge < -0.3 is 24.4 Å². The molecule has 13 nitrogen and oxygen atoms in total. The first-order chi connectivity index (χ1) is 27.9. The molecule has 6 atom stereocenters. The van der Waals surface area contributed by atoms with Crippen LogP contribution in [0.4, 0.5) is 9.59 Å². The molecule has 2 aromatic rings. The summed E-state index contributed by atoms with van der Waals surface area (Å²) >= 11 is 0. The van der Waals surface area contributed by atoms with E-state index in [1.54, 1.807) is 7.11 Å². The van der Waals surface area contributed by atoms with Gasteiger partial charge >= 0.3 is 12.2 Å². The molecule has 3 aliphatic heterocycles. The zero-order valence-corrected chi connectivity index (χ0v) is 34.6. The number of methoxy groups -OCH3 is 3. The standard InChI is InChI=1S/C45H56N6O7/c1-25(2)41(48-44(54)57-6)43(53)50-18-8-9-37(50)35-20-33(24-46-35)29-16-17-34(38(22-29)56-5)28-12-10-27(11-13-28)32-21-36(47-23-32)39-30-14-15-31(19-30)40(39)42(52)51(26(3)4)49-45(55)58-7/h10-13,16-17,22-26,30-31,37,39-41H,8-9,14-15,18-21H2,1-7H3,(H,48,54)(H,49,55)/t30?,31?,37-,39?,40+,41-/m0/s1. The number of amides is 4. The normalized spacial score (nSPS) is 23.9. The summed E-state index contributed by atoms with van der Waals surface area (Å²) < 4.78 is 15.5. The molecular weight excluding hydrogens is 737 g/mol. The fraction of sp³-hybridized carbons (Fsp3) is 0.511. The second kappa shape index (κ2) is 17.2. The number of carbonyl (C=O) groups is 4. The Hall–Kier alpha value is -5.46. The lowest BCUT2D eigenvalue weighted by Crippen LogP contribution is -2.54. The van der Waals surface area contributed by atoms with E-state index in [0.717, 1.165) is 82.7 Å². The molecule has 2 saturated carbocycles. The van der Waals surface area contributed by atoms with Crippen LogP contribution in [0, 0.1) is 29.6 Å². The van der Waals surface area contributed by atoms with Crippen molar-refractivity contribution in [1.82, 2.24) is 20.7 Å². The van der Waals surface area contributed by atoms with Crippen molar-refractivity contribution in [3.8, 4) is 16.9 Å². The smallest absolute Gasteiger partial charge is 0.425 e. The molecule has 0 radical (unpaired) electrons. The maximum Gasteiger partial charge on any atom is 0.425 e. The van der Waals surface area contributed by atoms with Crippen molar-refractivity contribution < 1.29 is 33.4 Å². The number of hydrogen-bond acceptors (Lipinski definition) is 9. The highest BCUT2D eigenvalue weighted by Gasteiger charge is 2.54. The molecule has 3 fully saturated rings. The summed E-state index contributed by atoms with van der Waals surface area (Å²) in [5, 5.41) is 4.16. The lowest BCUT2D eigenvalue weighted by Gasteiger charge is -2.36. The van der Waals surface area contributed by atoms with E-state index in [9.17, 15) is 19.2 Å². The van der Waals surface area contributed by atoms with Gasteiger partial charge in [0.1, 0.15) is 11.8 Å².